The average molecular weight is 256 g/mol. The lowest BCUT2D eigenvalue weighted by molar-refractivity contribution is 0.0944. The molecule has 18 heavy (non-hydrogen) atoms. The second-order valence-electron chi connectivity index (χ2n) is 4.34. The maximum Gasteiger partial charge on any atom is 0.257 e. The minimum Gasteiger partial charge on any atom is -0.352 e. The van der Waals surface area contributed by atoms with Crippen LogP contribution in [0.1, 0.15) is 30.1 Å². The molecule has 0 aliphatic carbocycles. The summed E-state index contributed by atoms with van der Waals surface area (Å²) in [6.45, 7) is 2.99. The van der Waals surface area contributed by atoms with E-state index in [9.17, 15) is 13.6 Å². The zero-order chi connectivity index (χ0) is 13.5. The van der Waals surface area contributed by atoms with Crippen molar-refractivity contribution in [3.63, 3.8) is 0 Å². The first-order valence-electron chi connectivity index (χ1n) is 5.98. The topological polar surface area (TPSA) is 55.1 Å². The summed E-state index contributed by atoms with van der Waals surface area (Å²) in [5.41, 5.74) is 4.93. The summed E-state index contributed by atoms with van der Waals surface area (Å²) < 4.78 is 26.6. The Bertz CT molecular complexity index is 390. The first-order valence-corrected chi connectivity index (χ1v) is 5.98. The van der Waals surface area contributed by atoms with Gasteiger partial charge in [0.05, 0.1) is 0 Å². The fourth-order valence-corrected chi connectivity index (χ4v) is 1.57. The number of amides is 1. The summed E-state index contributed by atoms with van der Waals surface area (Å²) in [7, 11) is 0. The van der Waals surface area contributed by atoms with E-state index in [4.69, 9.17) is 5.73 Å². The van der Waals surface area contributed by atoms with E-state index in [-0.39, 0.29) is 0 Å². The minimum atomic E-state index is -0.845. The maximum atomic E-state index is 13.3. The van der Waals surface area contributed by atoms with Crippen molar-refractivity contribution in [2.24, 2.45) is 11.7 Å². The second-order valence-corrected chi connectivity index (χ2v) is 4.34. The fraction of sp³-hybridized carbons (Fsp3) is 0.462. The summed E-state index contributed by atoms with van der Waals surface area (Å²) >= 11 is 0. The predicted octanol–water partition coefficient (Wildman–Crippen LogP) is 2.07. The molecule has 0 aliphatic rings. The van der Waals surface area contributed by atoms with Crippen LogP contribution in [-0.2, 0) is 0 Å². The number of carbonyl (C=O) groups excluding carboxylic acids is 1. The lowest BCUT2D eigenvalue weighted by Gasteiger charge is -2.09. The molecule has 0 fully saturated rings. The Kier molecular flexibility index (Phi) is 5.71. The van der Waals surface area contributed by atoms with Crippen molar-refractivity contribution in [2.75, 3.05) is 13.1 Å². The van der Waals surface area contributed by atoms with Gasteiger partial charge < -0.3 is 11.1 Å². The van der Waals surface area contributed by atoms with Gasteiger partial charge in [-0.2, -0.15) is 0 Å². The van der Waals surface area contributed by atoms with Crippen LogP contribution in [0.25, 0.3) is 0 Å². The molecule has 0 saturated heterocycles. The minimum absolute atomic E-state index is 0.382. The van der Waals surface area contributed by atoms with E-state index in [0.29, 0.717) is 19.0 Å². The van der Waals surface area contributed by atoms with Gasteiger partial charge in [-0.1, -0.05) is 13.0 Å². The molecule has 5 heteroatoms. The Morgan fingerprint density at radius 1 is 1.39 bits per heavy atom. The third kappa shape index (κ3) is 4.07. The highest BCUT2D eigenvalue weighted by molar-refractivity contribution is 5.94. The lowest BCUT2D eigenvalue weighted by atomic mass is 10.1. The molecule has 3 nitrogen and oxygen atoms in total. The highest BCUT2D eigenvalue weighted by Gasteiger charge is 2.16. The van der Waals surface area contributed by atoms with E-state index in [2.05, 4.69) is 5.32 Å². The molecule has 1 unspecified atom stereocenters. The normalized spacial score (nSPS) is 12.2. The van der Waals surface area contributed by atoms with E-state index in [1.807, 2.05) is 6.92 Å². The Morgan fingerprint density at radius 3 is 2.56 bits per heavy atom. The molecule has 1 atom stereocenters. The van der Waals surface area contributed by atoms with Crippen LogP contribution in [0.3, 0.4) is 0 Å². The molecule has 0 bridgehead atoms. The number of nitrogens with one attached hydrogen (secondary N) is 1. The van der Waals surface area contributed by atoms with E-state index in [0.717, 1.165) is 25.0 Å². The SMILES string of the molecule is CC(CN)CCCNC(=O)c1c(F)cccc1F. The summed E-state index contributed by atoms with van der Waals surface area (Å²) in [5.74, 6) is -2.02. The Morgan fingerprint density at radius 2 is 2.00 bits per heavy atom. The van der Waals surface area contributed by atoms with Crippen LogP contribution in [0.15, 0.2) is 18.2 Å². The van der Waals surface area contributed by atoms with Crippen molar-refractivity contribution in [1.29, 1.82) is 0 Å². The van der Waals surface area contributed by atoms with Gasteiger partial charge in [-0.3, -0.25) is 4.79 Å². The molecule has 3 N–H and O–H groups in total. The van der Waals surface area contributed by atoms with E-state index >= 15 is 0 Å². The fourth-order valence-electron chi connectivity index (χ4n) is 1.57. The largest absolute Gasteiger partial charge is 0.352 e. The number of nitrogens with two attached hydrogens (primary N) is 1. The quantitative estimate of drug-likeness (QED) is 0.765. The zero-order valence-electron chi connectivity index (χ0n) is 10.4. The molecule has 100 valence electrons. The first-order chi connectivity index (χ1) is 8.56. The van der Waals surface area contributed by atoms with Crippen LogP contribution >= 0.6 is 0 Å². The Balaban J connectivity index is 2.46. The molecule has 0 spiro atoms. The van der Waals surface area contributed by atoms with Gasteiger partial charge in [0.15, 0.2) is 0 Å². The van der Waals surface area contributed by atoms with Crippen LogP contribution in [-0.4, -0.2) is 19.0 Å². The highest BCUT2D eigenvalue weighted by atomic mass is 19.1. The van der Waals surface area contributed by atoms with Crippen LogP contribution in [0.4, 0.5) is 8.78 Å². The van der Waals surface area contributed by atoms with Crippen LogP contribution in [0.2, 0.25) is 0 Å². The molecule has 0 aromatic heterocycles. The molecule has 0 heterocycles. The van der Waals surface area contributed by atoms with Crippen LogP contribution in [0, 0.1) is 17.6 Å². The van der Waals surface area contributed by atoms with E-state index in [1.165, 1.54) is 6.07 Å². The van der Waals surface area contributed by atoms with Crippen LogP contribution in [0.5, 0.6) is 0 Å². The van der Waals surface area contributed by atoms with Gasteiger partial charge >= 0.3 is 0 Å². The van der Waals surface area contributed by atoms with Gasteiger partial charge in [-0.15, -0.1) is 0 Å². The van der Waals surface area contributed by atoms with Crippen molar-refractivity contribution in [3.05, 3.63) is 35.4 Å². The Hall–Kier alpha value is -1.49. The van der Waals surface area contributed by atoms with Gasteiger partial charge in [0.25, 0.3) is 5.91 Å². The summed E-state index contributed by atoms with van der Waals surface area (Å²) in [4.78, 5) is 11.6. The number of halogens is 2. The summed E-state index contributed by atoms with van der Waals surface area (Å²) in [5, 5.41) is 2.50. The number of benzene rings is 1. The standard InChI is InChI=1S/C13H18F2N2O/c1-9(8-16)4-3-7-17-13(18)12-10(14)5-2-6-11(12)15/h2,5-6,9H,3-4,7-8,16H2,1H3,(H,17,18). The van der Waals surface area contributed by atoms with Gasteiger partial charge in [0, 0.05) is 6.54 Å². The van der Waals surface area contributed by atoms with Gasteiger partial charge in [-0.05, 0) is 37.4 Å². The predicted molar refractivity (Wildman–Crippen MR) is 66.1 cm³/mol. The number of rotatable bonds is 6. The number of hydrogen-bond acceptors (Lipinski definition) is 2. The molecule has 1 aromatic carbocycles. The molecular weight excluding hydrogens is 238 g/mol. The van der Waals surface area contributed by atoms with Gasteiger partial charge in [-0.25, -0.2) is 8.78 Å². The maximum absolute atomic E-state index is 13.3. The molecule has 1 aromatic rings. The second kappa shape index (κ2) is 7.06. The zero-order valence-corrected chi connectivity index (χ0v) is 10.4. The third-order valence-electron chi connectivity index (χ3n) is 2.75. The Labute approximate surface area is 105 Å². The van der Waals surface area contributed by atoms with Crippen molar-refractivity contribution in [1.82, 2.24) is 5.32 Å². The van der Waals surface area contributed by atoms with Crippen molar-refractivity contribution in [3.8, 4) is 0 Å². The van der Waals surface area contributed by atoms with Gasteiger partial charge in [0.2, 0.25) is 0 Å². The number of hydrogen-bond donors (Lipinski definition) is 2. The molecule has 0 saturated carbocycles. The van der Waals surface area contributed by atoms with Gasteiger partial charge in [0.1, 0.15) is 17.2 Å². The van der Waals surface area contributed by atoms with Crippen LogP contribution < -0.4 is 11.1 Å². The highest BCUT2D eigenvalue weighted by Crippen LogP contribution is 2.11. The smallest absolute Gasteiger partial charge is 0.257 e. The summed E-state index contributed by atoms with van der Waals surface area (Å²) in [6.07, 6.45) is 1.61. The van der Waals surface area contributed by atoms with E-state index < -0.39 is 23.1 Å². The average Bonchev–Trinajstić information content (AvgIpc) is 2.34. The summed E-state index contributed by atoms with van der Waals surface area (Å²) in [6, 6.07) is 3.35. The third-order valence-corrected chi connectivity index (χ3v) is 2.75. The number of carbonyl (C=O) groups is 1. The molecule has 0 aliphatic heterocycles. The van der Waals surface area contributed by atoms with E-state index in [1.54, 1.807) is 0 Å². The molecule has 1 rings (SSSR count). The lowest BCUT2D eigenvalue weighted by Crippen LogP contribution is -2.27. The monoisotopic (exact) mass is 256 g/mol. The first kappa shape index (κ1) is 14.6. The molecular formula is C13H18F2N2O. The van der Waals surface area contributed by atoms with Crippen molar-refractivity contribution < 1.29 is 13.6 Å². The molecule has 0 radical (unpaired) electrons. The molecule has 1 amide bonds. The van der Waals surface area contributed by atoms with Crippen molar-refractivity contribution >= 4 is 5.91 Å². The van der Waals surface area contributed by atoms with Crippen molar-refractivity contribution in [2.45, 2.75) is 19.8 Å².